The first-order valence-electron chi connectivity index (χ1n) is 10.4. The minimum absolute atomic E-state index is 0.0731. The molecular formula is C23H26ClN3O3. The summed E-state index contributed by atoms with van der Waals surface area (Å²) in [6.07, 6.45) is 2.44. The molecule has 4 rings (SSSR count). The van der Waals surface area contributed by atoms with Crippen LogP contribution in [0.3, 0.4) is 0 Å². The van der Waals surface area contributed by atoms with Crippen molar-refractivity contribution < 1.29 is 14.6 Å². The molecule has 1 aromatic heterocycles. The standard InChI is InChI=1S/C23H26ClN3O3/c1-16(10-13-26-14-11-17(12-15-26)23(28)29)30-19-8-6-18(7-9-19)27-22(24)20-4-2-3-5-21(20)25-27/h2-9,16-17H,10-15H2,1H3,(H,28,29). The highest BCUT2D eigenvalue weighted by molar-refractivity contribution is 6.34. The van der Waals surface area contributed by atoms with Gasteiger partial charge in [0.15, 0.2) is 0 Å². The predicted octanol–water partition coefficient (Wildman–Crippen LogP) is 4.63. The van der Waals surface area contributed by atoms with E-state index >= 15 is 0 Å². The number of halogens is 1. The molecule has 7 heteroatoms. The first kappa shape index (κ1) is 20.7. The summed E-state index contributed by atoms with van der Waals surface area (Å²) in [4.78, 5) is 13.4. The maximum atomic E-state index is 11.1. The molecule has 2 aromatic carbocycles. The van der Waals surface area contributed by atoms with E-state index in [2.05, 4.69) is 16.9 Å². The highest BCUT2D eigenvalue weighted by atomic mass is 35.5. The Morgan fingerprint density at radius 2 is 1.90 bits per heavy atom. The normalized spacial score (nSPS) is 16.6. The smallest absolute Gasteiger partial charge is 0.306 e. The number of benzene rings is 2. The molecule has 1 aliphatic rings. The molecule has 0 amide bonds. The zero-order valence-corrected chi connectivity index (χ0v) is 17.8. The number of carbonyl (C=O) groups is 1. The quantitative estimate of drug-likeness (QED) is 0.595. The zero-order valence-electron chi connectivity index (χ0n) is 17.0. The monoisotopic (exact) mass is 427 g/mol. The topological polar surface area (TPSA) is 67.6 Å². The van der Waals surface area contributed by atoms with Gasteiger partial charge in [-0.05, 0) is 75.7 Å². The summed E-state index contributed by atoms with van der Waals surface area (Å²) in [7, 11) is 0. The number of carboxylic acid groups (broad SMARTS) is 1. The van der Waals surface area contributed by atoms with Crippen molar-refractivity contribution in [2.75, 3.05) is 19.6 Å². The van der Waals surface area contributed by atoms with E-state index in [0.29, 0.717) is 5.15 Å². The fourth-order valence-corrected chi connectivity index (χ4v) is 4.19. The van der Waals surface area contributed by atoms with Crippen LogP contribution in [0.2, 0.25) is 5.15 Å². The summed E-state index contributed by atoms with van der Waals surface area (Å²) in [5, 5.41) is 15.2. The molecule has 0 aliphatic carbocycles. The minimum Gasteiger partial charge on any atom is -0.491 e. The summed E-state index contributed by atoms with van der Waals surface area (Å²) in [5.74, 6) is -0.0442. The Labute approximate surface area is 181 Å². The number of likely N-dealkylation sites (tertiary alicyclic amines) is 1. The Hall–Kier alpha value is -2.57. The van der Waals surface area contributed by atoms with E-state index < -0.39 is 5.97 Å². The van der Waals surface area contributed by atoms with Crippen LogP contribution in [0.1, 0.15) is 26.2 Å². The lowest BCUT2D eigenvalue weighted by atomic mass is 9.97. The van der Waals surface area contributed by atoms with Crippen molar-refractivity contribution in [3.05, 3.63) is 53.7 Å². The van der Waals surface area contributed by atoms with Gasteiger partial charge in [-0.1, -0.05) is 23.7 Å². The Kier molecular flexibility index (Phi) is 6.25. The van der Waals surface area contributed by atoms with Gasteiger partial charge in [-0.2, -0.15) is 5.10 Å². The van der Waals surface area contributed by atoms with Crippen LogP contribution in [0.5, 0.6) is 5.75 Å². The van der Waals surface area contributed by atoms with E-state index in [-0.39, 0.29) is 12.0 Å². The van der Waals surface area contributed by atoms with E-state index in [4.69, 9.17) is 21.4 Å². The molecule has 1 fully saturated rings. The van der Waals surface area contributed by atoms with Gasteiger partial charge < -0.3 is 14.7 Å². The molecule has 0 saturated carbocycles. The van der Waals surface area contributed by atoms with Gasteiger partial charge in [0.2, 0.25) is 0 Å². The molecule has 6 nitrogen and oxygen atoms in total. The van der Waals surface area contributed by atoms with Crippen LogP contribution in [-0.4, -0.2) is 51.5 Å². The van der Waals surface area contributed by atoms with Crippen LogP contribution in [0, 0.1) is 5.92 Å². The van der Waals surface area contributed by atoms with E-state index in [0.717, 1.165) is 61.2 Å². The minimum atomic E-state index is -0.667. The Balaban J connectivity index is 1.31. The van der Waals surface area contributed by atoms with Crippen molar-refractivity contribution in [2.24, 2.45) is 5.92 Å². The van der Waals surface area contributed by atoms with E-state index in [1.807, 2.05) is 48.5 Å². The van der Waals surface area contributed by atoms with Crippen molar-refractivity contribution in [3.8, 4) is 11.4 Å². The van der Waals surface area contributed by atoms with Gasteiger partial charge in [0.25, 0.3) is 0 Å². The second-order valence-corrected chi connectivity index (χ2v) is 8.24. The van der Waals surface area contributed by atoms with E-state index in [1.54, 1.807) is 4.68 Å². The van der Waals surface area contributed by atoms with Gasteiger partial charge in [-0.3, -0.25) is 4.79 Å². The average molecular weight is 428 g/mol. The molecule has 1 unspecified atom stereocenters. The summed E-state index contributed by atoms with van der Waals surface area (Å²) < 4.78 is 7.80. The number of ether oxygens (including phenoxy) is 1. The molecule has 30 heavy (non-hydrogen) atoms. The molecule has 3 aromatic rings. The van der Waals surface area contributed by atoms with Crippen molar-refractivity contribution >= 4 is 28.5 Å². The number of hydrogen-bond acceptors (Lipinski definition) is 4. The third kappa shape index (κ3) is 4.60. The molecule has 0 spiro atoms. The zero-order chi connectivity index (χ0) is 21.1. The van der Waals surface area contributed by atoms with Crippen LogP contribution < -0.4 is 4.74 Å². The van der Waals surface area contributed by atoms with Crippen LogP contribution in [0.15, 0.2) is 48.5 Å². The molecule has 2 heterocycles. The highest BCUT2D eigenvalue weighted by Gasteiger charge is 2.24. The van der Waals surface area contributed by atoms with Crippen molar-refractivity contribution in [3.63, 3.8) is 0 Å². The van der Waals surface area contributed by atoms with Crippen LogP contribution >= 0.6 is 11.6 Å². The fourth-order valence-electron chi connectivity index (χ4n) is 3.90. The Bertz CT molecular complexity index is 1010. The molecule has 1 aliphatic heterocycles. The number of fused-ring (bicyclic) bond motifs is 1. The lowest BCUT2D eigenvalue weighted by Gasteiger charge is -2.30. The maximum absolute atomic E-state index is 11.1. The van der Waals surface area contributed by atoms with Gasteiger partial charge in [0.05, 0.1) is 23.2 Å². The molecular weight excluding hydrogens is 402 g/mol. The third-order valence-corrected chi connectivity index (χ3v) is 6.09. The van der Waals surface area contributed by atoms with E-state index in [1.165, 1.54) is 0 Å². The lowest BCUT2D eigenvalue weighted by molar-refractivity contribution is -0.143. The van der Waals surface area contributed by atoms with Crippen molar-refractivity contribution in [1.29, 1.82) is 0 Å². The van der Waals surface area contributed by atoms with Crippen molar-refractivity contribution in [2.45, 2.75) is 32.3 Å². The lowest BCUT2D eigenvalue weighted by Crippen LogP contribution is -2.38. The molecule has 158 valence electrons. The third-order valence-electron chi connectivity index (χ3n) is 5.73. The van der Waals surface area contributed by atoms with Gasteiger partial charge in [-0.25, -0.2) is 4.68 Å². The first-order chi connectivity index (χ1) is 14.5. The summed E-state index contributed by atoms with van der Waals surface area (Å²) in [6, 6.07) is 15.6. The molecule has 0 radical (unpaired) electrons. The predicted molar refractivity (Wildman–Crippen MR) is 118 cm³/mol. The number of aliphatic carboxylic acids is 1. The second kappa shape index (κ2) is 9.06. The number of rotatable bonds is 7. The summed E-state index contributed by atoms with van der Waals surface area (Å²) >= 11 is 6.49. The molecule has 1 N–H and O–H groups in total. The highest BCUT2D eigenvalue weighted by Crippen LogP contribution is 2.27. The number of carboxylic acids is 1. The number of hydrogen-bond donors (Lipinski definition) is 1. The second-order valence-electron chi connectivity index (χ2n) is 7.88. The molecule has 1 atom stereocenters. The Morgan fingerprint density at radius 1 is 1.20 bits per heavy atom. The van der Waals surface area contributed by atoms with E-state index in [9.17, 15) is 4.79 Å². The average Bonchev–Trinajstić information content (AvgIpc) is 3.10. The van der Waals surface area contributed by atoms with Gasteiger partial charge in [0, 0.05) is 11.9 Å². The van der Waals surface area contributed by atoms with Gasteiger partial charge >= 0.3 is 5.97 Å². The molecule has 1 saturated heterocycles. The summed E-state index contributed by atoms with van der Waals surface area (Å²) in [6.45, 7) is 4.67. The summed E-state index contributed by atoms with van der Waals surface area (Å²) in [5.41, 5.74) is 1.75. The van der Waals surface area contributed by atoms with Gasteiger partial charge in [-0.15, -0.1) is 0 Å². The van der Waals surface area contributed by atoms with Gasteiger partial charge in [0.1, 0.15) is 10.9 Å². The molecule has 0 bridgehead atoms. The Morgan fingerprint density at radius 3 is 2.57 bits per heavy atom. The number of nitrogens with zero attached hydrogens (tertiary/aromatic N) is 3. The van der Waals surface area contributed by atoms with Crippen LogP contribution in [-0.2, 0) is 4.79 Å². The van der Waals surface area contributed by atoms with Crippen molar-refractivity contribution in [1.82, 2.24) is 14.7 Å². The maximum Gasteiger partial charge on any atom is 0.306 e. The SMILES string of the molecule is CC(CCN1CCC(C(=O)O)CC1)Oc1ccc(-n2nc3ccccc3c2Cl)cc1. The fraction of sp³-hybridized carbons (Fsp3) is 0.391. The number of piperidine rings is 1. The first-order valence-corrected chi connectivity index (χ1v) is 10.7. The van der Waals surface area contributed by atoms with Crippen LogP contribution in [0.25, 0.3) is 16.6 Å². The largest absolute Gasteiger partial charge is 0.491 e. The number of aromatic nitrogens is 2. The van der Waals surface area contributed by atoms with Crippen LogP contribution in [0.4, 0.5) is 0 Å².